The second-order valence-electron chi connectivity index (χ2n) is 4.48. The normalized spacial score (nSPS) is 29.0. The smallest absolute Gasteiger partial charge is 0.305 e. The molecule has 5 heteroatoms. The van der Waals surface area contributed by atoms with Crippen LogP contribution < -0.4 is 0 Å². The number of ether oxygens (including phenoxy) is 2. The first-order valence-electron chi connectivity index (χ1n) is 6.29. The Balaban J connectivity index is 2.14. The molecule has 0 aromatic heterocycles. The van der Waals surface area contributed by atoms with Crippen molar-refractivity contribution in [3.8, 4) is 0 Å². The van der Waals surface area contributed by atoms with Gasteiger partial charge in [-0.05, 0) is 6.42 Å². The highest BCUT2D eigenvalue weighted by molar-refractivity contribution is 5.69. The van der Waals surface area contributed by atoms with Gasteiger partial charge in [0.1, 0.15) is 6.61 Å². The van der Waals surface area contributed by atoms with E-state index in [-0.39, 0.29) is 19.0 Å². The monoisotopic (exact) mass is 246 g/mol. The van der Waals surface area contributed by atoms with Crippen LogP contribution in [0.5, 0.6) is 0 Å². The van der Waals surface area contributed by atoms with Crippen molar-refractivity contribution >= 4 is 5.97 Å². The van der Waals surface area contributed by atoms with Gasteiger partial charge in [-0.15, -0.1) is 0 Å². The average Bonchev–Trinajstić information content (AvgIpc) is 2.25. The van der Waals surface area contributed by atoms with Gasteiger partial charge in [0, 0.05) is 19.3 Å². The van der Waals surface area contributed by atoms with Gasteiger partial charge in [0.05, 0.1) is 12.2 Å². The molecular weight excluding hydrogens is 224 g/mol. The number of hydrogen-bond acceptors (Lipinski definition) is 5. The molecular formula is C12H22O5. The summed E-state index contributed by atoms with van der Waals surface area (Å²) in [7, 11) is 0. The summed E-state index contributed by atoms with van der Waals surface area (Å²) in [6.07, 6.45) is 2.04. The standard InChI is InChI=1S/C12H22O5/c1-2-3-4-5-11(14)16-8-10-6-9(13)7-12(15)17-10/h9-10,12-13,15H,2-8H2,1H3/t9-,10-,12?/m0/s1. The third kappa shape index (κ3) is 6.00. The van der Waals surface area contributed by atoms with Crippen molar-refractivity contribution < 1.29 is 24.5 Å². The minimum Gasteiger partial charge on any atom is -0.463 e. The summed E-state index contributed by atoms with van der Waals surface area (Å²) in [5.74, 6) is -0.239. The van der Waals surface area contributed by atoms with Crippen molar-refractivity contribution in [3.05, 3.63) is 0 Å². The Morgan fingerprint density at radius 1 is 1.35 bits per heavy atom. The molecule has 2 N–H and O–H groups in total. The Kier molecular flexibility index (Phi) is 6.47. The zero-order valence-corrected chi connectivity index (χ0v) is 10.3. The molecule has 17 heavy (non-hydrogen) atoms. The van der Waals surface area contributed by atoms with Crippen LogP contribution in [-0.2, 0) is 14.3 Å². The Morgan fingerprint density at radius 3 is 2.76 bits per heavy atom. The topological polar surface area (TPSA) is 76.0 Å². The fourth-order valence-corrected chi connectivity index (χ4v) is 1.85. The molecule has 1 heterocycles. The second-order valence-corrected chi connectivity index (χ2v) is 4.48. The van der Waals surface area contributed by atoms with Crippen LogP contribution in [0.1, 0.15) is 45.4 Å². The zero-order chi connectivity index (χ0) is 12.7. The van der Waals surface area contributed by atoms with Crippen LogP contribution in [0.15, 0.2) is 0 Å². The summed E-state index contributed by atoms with van der Waals surface area (Å²) in [5.41, 5.74) is 0. The van der Waals surface area contributed by atoms with E-state index in [0.717, 1.165) is 19.3 Å². The molecule has 0 aromatic rings. The molecule has 0 amide bonds. The molecule has 0 aliphatic carbocycles. The van der Waals surface area contributed by atoms with Crippen molar-refractivity contribution in [2.45, 2.75) is 63.9 Å². The molecule has 1 aliphatic heterocycles. The number of unbranched alkanes of at least 4 members (excludes halogenated alkanes) is 2. The molecule has 0 bridgehead atoms. The SMILES string of the molecule is CCCCCC(=O)OC[C@@H]1C[C@H](O)CC(O)O1. The predicted octanol–water partition coefficient (Wildman–Crippen LogP) is 0.968. The number of rotatable bonds is 6. The first-order chi connectivity index (χ1) is 8.11. The summed E-state index contributed by atoms with van der Waals surface area (Å²) in [6, 6.07) is 0. The molecule has 0 radical (unpaired) electrons. The van der Waals surface area contributed by atoms with Crippen molar-refractivity contribution in [2.75, 3.05) is 6.61 Å². The molecule has 5 nitrogen and oxygen atoms in total. The van der Waals surface area contributed by atoms with Crippen LogP contribution in [0.4, 0.5) is 0 Å². The quantitative estimate of drug-likeness (QED) is 0.539. The molecule has 3 atom stereocenters. The summed E-state index contributed by atoms with van der Waals surface area (Å²) in [4.78, 5) is 11.3. The molecule has 100 valence electrons. The van der Waals surface area contributed by atoms with E-state index >= 15 is 0 Å². The number of hydrogen-bond donors (Lipinski definition) is 2. The van der Waals surface area contributed by atoms with E-state index in [1.54, 1.807) is 0 Å². The van der Waals surface area contributed by atoms with Crippen LogP contribution in [0.2, 0.25) is 0 Å². The maximum absolute atomic E-state index is 11.3. The number of carbonyl (C=O) groups excluding carboxylic acids is 1. The van der Waals surface area contributed by atoms with Gasteiger partial charge in [-0.25, -0.2) is 0 Å². The summed E-state index contributed by atoms with van der Waals surface area (Å²) < 4.78 is 10.2. The Bertz CT molecular complexity index is 221. The van der Waals surface area contributed by atoms with Crippen LogP contribution in [0.25, 0.3) is 0 Å². The largest absolute Gasteiger partial charge is 0.463 e. The lowest BCUT2D eigenvalue weighted by Gasteiger charge is -2.29. The minimum atomic E-state index is -0.956. The van der Waals surface area contributed by atoms with Gasteiger partial charge in [0.15, 0.2) is 6.29 Å². The van der Waals surface area contributed by atoms with Crippen LogP contribution in [-0.4, -0.2) is 41.3 Å². The lowest BCUT2D eigenvalue weighted by Crippen LogP contribution is -2.38. The number of aliphatic hydroxyl groups is 2. The number of aliphatic hydroxyl groups excluding tert-OH is 2. The Hall–Kier alpha value is -0.650. The van der Waals surface area contributed by atoms with E-state index in [0.29, 0.717) is 12.8 Å². The fourth-order valence-electron chi connectivity index (χ4n) is 1.85. The van der Waals surface area contributed by atoms with E-state index in [9.17, 15) is 15.0 Å². The molecule has 1 rings (SSSR count). The van der Waals surface area contributed by atoms with Crippen molar-refractivity contribution in [3.63, 3.8) is 0 Å². The molecule has 0 saturated carbocycles. The highest BCUT2D eigenvalue weighted by atomic mass is 16.6. The van der Waals surface area contributed by atoms with E-state index in [4.69, 9.17) is 9.47 Å². The maximum Gasteiger partial charge on any atom is 0.305 e. The highest BCUT2D eigenvalue weighted by Crippen LogP contribution is 2.18. The van der Waals surface area contributed by atoms with Gasteiger partial charge < -0.3 is 19.7 Å². The van der Waals surface area contributed by atoms with Gasteiger partial charge in [0.2, 0.25) is 0 Å². The molecule has 0 spiro atoms. The summed E-state index contributed by atoms with van der Waals surface area (Å²) in [6.45, 7) is 2.18. The van der Waals surface area contributed by atoms with E-state index in [2.05, 4.69) is 6.92 Å². The van der Waals surface area contributed by atoms with Crippen molar-refractivity contribution in [1.29, 1.82) is 0 Å². The maximum atomic E-state index is 11.3. The van der Waals surface area contributed by atoms with Gasteiger partial charge in [-0.1, -0.05) is 19.8 Å². The first-order valence-corrected chi connectivity index (χ1v) is 6.29. The fraction of sp³-hybridized carbons (Fsp3) is 0.917. The summed E-state index contributed by atoms with van der Waals surface area (Å²) in [5, 5.41) is 18.7. The highest BCUT2D eigenvalue weighted by Gasteiger charge is 2.27. The molecule has 1 unspecified atom stereocenters. The summed E-state index contributed by atoms with van der Waals surface area (Å²) >= 11 is 0. The third-order valence-electron chi connectivity index (χ3n) is 2.77. The van der Waals surface area contributed by atoms with Gasteiger partial charge >= 0.3 is 5.97 Å². The van der Waals surface area contributed by atoms with Crippen LogP contribution in [0.3, 0.4) is 0 Å². The van der Waals surface area contributed by atoms with Crippen LogP contribution in [0, 0.1) is 0 Å². The number of esters is 1. The molecule has 1 fully saturated rings. The first kappa shape index (κ1) is 14.4. The predicted molar refractivity (Wildman–Crippen MR) is 61.2 cm³/mol. The molecule has 1 saturated heterocycles. The minimum absolute atomic E-state index is 0.110. The van der Waals surface area contributed by atoms with Gasteiger partial charge in [-0.2, -0.15) is 0 Å². The van der Waals surface area contributed by atoms with E-state index in [1.165, 1.54) is 0 Å². The molecule has 0 aromatic carbocycles. The lowest BCUT2D eigenvalue weighted by molar-refractivity contribution is -0.203. The second kappa shape index (κ2) is 7.63. The zero-order valence-electron chi connectivity index (χ0n) is 10.3. The van der Waals surface area contributed by atoms with Gasteiger partial charge in [-0.3, -0.25) is 4.79 Å². The Morgan fingerprint density at radius 2 is 2.12 bits per heavy atom. The molecule has 1 aliphatic rings. The van der Waals surface area contributed by atoms with Crippen LogP contribution >= 0.6 is 0 Å². The lowest BCUT2D eigenvalue weighted by atomic mass is 10.1. The van der Waals surface area contributed by atoms with Crippen molar-refractivity contribution in [1.82, 2.24) is 0 Å². The number of carbonyl (C=O) groups is 1. The van der Waals surface area contributed by atoms with E-state index < -0.39 is 18.5 Å². The average molecular weight is 246 g/mol. The van der Waals surface area contributed by atoms with E-state index in [1.807, 2.05) is 0 Å². The van der Waals surface area contributed by atoms with Gasteiger partial charge in [0.25, 0.3) is 0 Å². The third-order valence-corrected chi connectivity index (χ3v) is 2.77. The Labute approximate surface area is 102 Å². The van der Waals surface area contributed by atoms with Crippen molar-refractivity contribution in [2.24, 2.45) is 0 Å².